The van der Waals surface area contributed by atoms with Gasteiger partial charge in [-0.05, 0) is 23.3 Å². The predicted molar refractivity (Wildman–Crippen MR) is 74.3 cm³/mol. The molecule has 0 saturated heterocycles. The van der Waals surface area contributed by atoms with Gasteiger partial charge in [-0.15, -0.1) is 0 Å². The van der Waals surface area contributed by atoms with Crippen molar-refractivity contribution in [2.75, 3.05) is 7.11 Å². The standard InChI is InChI=1S/C16H16O3/c1-11-7-8-12-5-3-4-6-13(12)16(11)14(17)9-10-15(18)19-2/h3-8H,9-10H2,1-2H3. The van der Waals surface area contributed by atoms with Crippen molar-refractivity contribution >= 4 is 22.5 Å². The molecular weight excluding hydrogens is 240 g/mol. The Morgan fingerprint density at radius 1 is 1.05 bits per heavy atom. The van der Waals surface area contributed by atoms with Crippen molar-refractivity contribution in [3.63, 3.8) is 0 Å². The van der Waals surface area contributed by atoms with Crippen molar-refractivity contribution in [3.05, 3.63) is 47.5 Å². The van der Waals surface area contributed by atoms with Gasteiger partial charge in [-0.1, -0.05) is 36.4 Å². The Bertz CT molecular complexity index is 629. The first kappa shape index (κ1) is 13.3. The second-order valence-corrected chi connectivity index (χ2v) is 4.48. The molecule has 19 heavy (non-hydrogen) atoms. The molecule has 0 amide bonds. The number of ketones is 1. The summed E-state index contributed by atoms with van der Waals surface area (Å²) in [6.07, 6.45) is 0.305. The monoisotopic (exact) mass is 256 g/mol. The number of hydrogen-bond donors (Lipinski definition) is 0. The quantitative estimate of drug-likeness (QED) is 0.622. The van der Waals surface area contributed by atoms with E-state index in [1.165, 1.54) is 7.11 Å². The number of fused-ring (bicyclic) bond motifs is 1. The molecule has 0 radical (unpaired) electrons. The average molecular weight is 256 g/mol. The van der Waals surface area contributed by atoms with Crippen molar-refractivity contribution in [1.82, 2.24) is 0 Å². The van der Waals surface area contributed by atoms with Crippen LogP contribution in [0.2, 0.25) is 0 Å². The fourth-order valence-corrected chi connectivity index (χ4v) is 2.19. The lowest BCUT2D eigenvalue weighted by atomic mass is 9.95. The number of ether oxygens (including phenoxy) is 1. The molecule has 0 aromatic heterocycles. The molecule has 2 aromatic carbocycles. The van der Waals surface area contributed by atoms with Crippen LogP contribution in [-0.2, 0) is 9.53 Å². The lowest BCUT2D eigenvalue weighted by Crippen LogP contribution is -2.07. The number of methoxy groups -OCH3 is 1. The van der Waals surface area contributed by atoms with Crippen LogP contribution in [0.5, 0.6) is 0 Å². The largest absolute Gasteiger partial charge is 0.469 e. The highest BCUT2D eigenvalue weighted by molar-refractivity contribution is 6.09. The summed E-state index contributed by atoms with van der Waals surface area (Å²) in [5.74, 6) is -0.370. The summed E-state index contributed by atoms with van der Waals surface area (Å²) >= 11 is 0. The Morgan fingerprint density at radius 3 is 2.53 bits per heavy atom. The molecule has 0 N–H and O–H groups in total. The molecule has 0 fully saturated rings. The summed E-state index contributed by atoms with van der Waals surface area (Å²) in [6.45, 7) is 1.91. The molecule has 0 unspecified atom stereocenters. The van der Waals surface area contributed by atoms with E-state index in [0.717, 1.165) is 16.3 Å². The summed E-state index contributed by atoms with van der Waals surface area (Å²) in [5.41, 5.74) is 1.65. The highest BCUT2D eigenvalue weighted by Crippen LogP contribution is 2.23. The summed E-state index contributed by atoms with van der Waals surface area (Å²) in [6, 6.07) is 11.7. The number of hydrogen-bond acceptors (Lipinski definition) is 3. The van der Waals surface area contributed by atoms with Crippen LogP contribution in [0.25, 0.3) is 10.8 Å². The van der Waals surface area contributed by atoms with Gasteiger partial charge in [0.15, 0.2) is 5.78 Å². The molecule has 2 aromatic rings. The number of Topliss-reactive ketones (excluding diaryl/α,β-unsaturated/α-hetero) is 1. The average Bonchev–Trinajstić information content (AvgIpc) is 2.44. The SMILES string of the molecule is COC(=O)CCC(=O)c1c(C)ccc2ccccc12. The Kier molecular flexibility index (Phi) is 3.95. The minimum absolute atomic E-state index is 0.0142. The van der Waals surface area contributed by atoms with Gasteiger partial charge in [0.05, 0.1) is 13.5 Å². The van der Waals surface area contributed by atoms with E-state index in [4.69, 9.17) is 0 Å². The van der Waals surface area contributed by atoms with Gasteiger partial charge >= 0.3 is 5.97 Å². The second kappa shape index (κ2) is 5.65. The highest BCUT2D eigenvalue weighted by Gasteiger charge is 2.14. The normalized spacial score (nSPS) is 10.4. The van der Waals surface area contributed by atoms with Gasteiger partial charge in [-0.25, -0.2) is 0 Å². The molecule has 0 saturated carbocycles. The third-order valence-corrected chi connectivity index (χ3v) is 3.20. The molecule has 0 aliphatic heterocycles. The van der Waals surface area contributed by atoms with Crippen molar-refractivity contribution in [1.29, 1.82) is 0 Å². The van der Waals surface area contributed by atoms with E-state index >= 15 is 0 Å². The van der Waals surface area contributed by atoms with Crippen LogP contribution in [0.15, 0.2) is 36.4 Å². The van der Waals surface area contributed by atoms with Gasteiger partial charge in [-0.3, -0.25) is 9.59 Å². The summed E-state index contributed by atoms with van der Waals surface area (Å²) in [7, 11) is 1.33. The smallest absolute Gasteiger partial charge is 0.305 e. The molecule has 0 spiro atoms. The molecule has 98 valence electrons. The maximum atomic E-state index is 12.3. The predicted octanol–water partition coefficient (Wildman–Crippen LogP) is 3.28. The molecule has 2 rings (SSSR count). The number of aryl methyl sites for hydroxylation is 1. The summed E-state index contributed by atoms with van der Waals surface area (Å²) in [5, 5.41) is 1.98. The number of carbonyl (C=O) groups excluding carboxylic acids is 2. The van der Waals surface area contributed by atoms with Crippen LogP contribution in [-0.4, -0.2) is 18.9 Å². The maximum Gasteiger partial charge on any atom is 0.305 e. The Hall–Kier alpha value is -2.16. The first-order valence-electron chi connectivity index (χ1n) is 6.22. The van der Waals surface area contributed by atoms with Gasteiger partial charge < -0.3 is 4.74 Å². The molecular formula is C16H16O3. The van der Waals surface area contributed by atoms with Crippen molar-refractivity contribution < 1.29 is 14.3 Å². The number of esters is 1. The fourth-order valence-electron chi connectivity index (χ4n) is 2.19. The second-order valence-electron chi connectivity index (χ2n) is 4.48. The number of benzene rings is 2. The molecule has 3 nitrogen and oxygen atoms in total. The van der Waals surface area contributed by atoms with E-state index in [9.17, 15) is 9.59 Å². The van der Waals surface area contributed by atoms with Crippen molar-refractivity contribution in [3.8, 4) is 0 Å². The van der Waals surface area contributed by atoms with E-state index in [-0.39, 0.29) is 24.6 Å². The third kappa shape index (κ3) is 2.81. The highest BCUT2D eigenvalue weighted by atomic mass is 16.5. The number of carbonyl (C=O) groups is 2. The van der Waals surface area contributed by atoms with E-state index in [1.54, 1.807) is 0 Å². The summed E-state index contributed by atoms with van der Waals surface area (Å²) in [4.78, 5) is 23.4. The van der Waals surface area contributed by atoms with Crippen LogP contribution in [0.4, 0.5) is 0 Å². The molecule has 3 heteroatoms. The van der Waals surface area contributed by atoms with E-state index in [0.29, 0.717) is 5.56 Å². The minimum atomic E-state index is -0.355. The molecule has 0 bridgehead atoms. The van der Waals surface area contributed by atoms with Crippen LogP contribution in [0.3, 0.4) is 0 Å². The third-order valence-electron chi connectivity index (χ3n) is 3.20. The first-order valence-corrected chi connectivity index (χ1v) is 6.22. The van der Waals surface area contributed by atoms with Crippen LogP contribution < -0.4 is 0 Å². The van der Waals surface area contributed by atoms with Gasteiger partial charge in [0.2, 0.25) is 0 Å². The van der Waals surface area contributed by atoms with Crippen molar-refractivity contribution in [2.24, 2.45) is 0 Å². The number of rotatable bonds is 4. The first-order chi connectivity index (χ1) is 9.13. The Balaban J connectivity index is 2.35. The zero-order valence-electron chi connectivity index (χ0n) is 11.1. The maximum absolute atomic E-state index is 12.3. The Labute approximate surface area is 112 Å². The molecule has 0 aliphatic rings. The lowest BCUT2D eigenvalue weighted by molar-refractivity contribution is -0.140. The molecule has 0 aliphatic carbocycles. The molecule has 0 atom stereocenters. The molecule has 0 heterocycles. The van der Waals surface area contributed by atoms with E-state index < -0.39 is 0 Å². The van der Waals surface area contributed by atoms with Gasteiger partial charge in [-0.2, -0.15) is 0 Å². The van der Waals surface area contributed by atoms with E-state index in [2.05, 4.69) is 4.74 Å². The van der Waals surface area contributed by atoms with Crippen LogP contribution in [0, 0.1) is 6.92 Å². The van der Waals surface area contributed by atoms with Crippen LogP contribution in [0.1, 0.15) is 28.8 Å². The van der Waals surface area contributed by atoms with Gasteiger partial charge in [0.25, 0.3) is 0 Å². The zero-order valence-corrected chi connectivity index (χ0v) is 11.1. The van der Waals surface area contributed by atoms with Gasteiger partial charge in [0, 0.05) is 12.0 Å². The zero-order chi connectivity index (χ0) is 13.8. The van der Waals surface area contributed by atoms with Gasteiger partial charge in [0.1, 0.15) is 0 Å². The van der Waals surface area contributed by atoms with Crippen molar-refractivity contribution in [2.45, 2.75) is 19.8 Å². The fraction of sp³-hybridized carbons (Fsp3) is 0.250. The lowest BCUT2D eigenvalue weighted by Gasteiger charge is -2.09. The minimum Gasteiger partial charge on any atom is -0.469 e. The summed E-state index contributed by atoms with van der Waals surface area (Å²) < 4.78 is 4.56. The van der Waals surface area contributed by atoms with E-state index in [1.807, 2.05) is 43.3 Å². The topological polar surface area (TPSA) is 43.4 Å². The van der Waals surface area contributed by atoms with Crippen LogP contribution >= 0.6 is 0 Å². The Morgan fingerprint density at radius 2 is 1.79 bits per heavy atom.